The van der Waals surface area contributed by atoms with Crippen molar-refractivity contribution in [3.05, 3.63) is 82.6 Å². The Morgan fingerprint density at radius 2 is 1.60 bits per heavy atom. The molecule has 1 aromatic heterocycles. The lowest BCUT2D eigenvalue weighted by Crippen LogP contribution is -2.24. The highest BCUT2D eigenvalue weighted by Gasteiger charge is 2.16. The predicted octanol–water partition coefficient (Wildman–Crippen LogP) is 4.20. The van der Waals surface area contributed by atoms with E-state index in [-0.39, 0.29) is 17.2 Å². The first kappa shape index (κ1) is 24.2. The van der Waals surface area contributed by atoms with Gasteiger partial charge in [0.1, 0.15) is 0 Å². The molecule has 0 atom stereocenters. The van der Waals surface area contributed by atoms with Gasteiger partial charge >= 0.3 is 0 Å². The molecule has 0 aliphatic rings. The Hall–Kier alpha value is -3.98. The van der Waals surface area contributed by atoms with Crippen molar-refractivity contribution in [2.45, 2.75) is 11.7 Å². The van der Waals surface area contributed by atoms with Gasteiger partial charge in [-0.15, -0.1) is 0 Å². The summed E-state index contributed by atoms with van der Waals surface area (Å²) in [6, 6.07) is 20.2. The van der Waals surface area contributed by atoms with Crippen molar-refractivity contribution in [3.8, 4) is 17.2 Å². The van der Waals surface area contributed by atoms with Gasteiger partial charge in [0.15, 0.2) is 16.7 Å². The Balaban J connectivity index is 1.58. The van der Waals surface area contributed by atoms with Crippen LogP contribution in [0.15, 0.2) is 76.7 Å². The molecule has 0 aliphatic carbocycles. The molecule has 0 saturated carbocycles. The fourth-order valence-corrected chi connectivity index (χ4v) is 4.44. The van der Waals surface area contributed by atoms with Gasteiger partial charge in [0.25, 0.3) is 5.56 Å². The predicted molar refractivity (Wildman–Crippen MR) is 137 cm³/mol. The quantitative estimate of drug-likeness (QED) is 0.277. The van der Waals surface area contributed by atoms with E-state index in [0.29, 0.717) is 45.5 Å². The van der Waals surface area contributed by atoms with E-state index in [1.807, 2.05) is 42.5 Å². The summed E-state index contributed by atoms with van der Waals surface area (Å²) >= 11 is 1.20. The van der Waals surface area contributed by atoms with Crippen molar-refractivity contribution in [3.63, 3.8) is 0 Å². The molecule has 35 heavy (non-hydrogen) atoms. The number of carbonyl (C=O) groups excluding carboxylic acids is 1. The Kier molecular flexibility index (Phi) is 7.57. The summed E-state index contributed by atoms with van der Waals surface area (Å²) in [4.78, 5) is 30.7. The molecule has 0 unspecified atom stereocenters. The molecular formula is C26H25N3O5S. The summed E-state index contributed by atoms with van der Waals surface area (Å²) in [5.74, 6) is 1.09. The molecule has 0 aliphatic heterocycles. The Morgan fingerprint density at radius 1 is 0.943 bits per heavy atom. The number of rotatable bonds is 9. The first-order chi connectivity index (χ1) is 17.0. The van der Waals surface area contributed by atoms with Gasteiger partial charge in [-0.05, 0) is 17.7 Å². The largest absolute Gasteiger partial charge is 0.493 e. The highest BCUT2D eigenvalue weighted by Crippen LogP contribution is 2.40. The second-order valence-corrected chi connectivity index (χ2v) is 8.48. The second-order valence-electron chi connectivity index (χ2n) is 7.54. The highest BCUT2D eigenvalue weighted by atomic mass is 32.2. The number of hydrogen-bond donors (Lipinski definition) is 1. The number of thioether (sulfide) groups is 1. The molecule has 0 saturated heterocycles. The molecule has 0 radical (unpaired) electrons. The number of hydrogen-bond acceptors (Lipinski definition) is 7. The summed E-state index contributed by atoms with van der Waals surface area (Å²) in [7, 11) is 4.53. The number of amides is 1. The maximum absolute atomic E-state index is 13.3. The minimum absolute atomic E-state index is 0.0518. The Labute approximate surface area is 206 Å². The van der Waals surface area contributed by atoms with Crippen LogP contribution < -0.4 is 25.1 Å². The number of para-hydroxylation sites is 1. The lowest BCUT2D eigenvalue weighted by atomic mass is 10.2. The molecule has 180 valence electrons. The number of nitrogens with zero attached hydrogens (tertiary/aromatic N) is 2. The summed E-state index contributed by atoms with van der Waals surface area (Å²) in [6.45, 7) is 0.355. The topological polar surface area (TPSA) is 91.7 Å². The van der Waals surface area contributed by atoms with E-state index in [0.717, 1.165) is 5.56 Å². The number of methoxy groups -OCH3 is 3. The lowest BCUT2D eigenvalue weighted by Gasteiger charge is -2.15. The number of anilines is 1. The maximum atomic E-state index is 13.3. The van der Waals surface area contributed by atoms with E-state index < -0.39 is 0 Å². The van der Waals surface area contributed by atoms with E-state index in [9.17, 15) is 9.59 Å². The molecule has 1 heterocycles. The molecule has 4 rings (SSSR count). The fourth-order valence-electron chi connectivity index (χ4n) is 3.64. The lowest BCUT2D eigenvalue weighted by molar-refractivity contribution is -0.113. The minimum atomic E-state index is -0.266. The third kappa shape index (κ3) is 5.41. The molecule has 9 heteroatoms. The zero-order valence-electron chi connectivity index (χ0n) is 19.6. The second kappa shape index (κ2) is 11.0. The van der Waals surface area contributed by atoms with Crippen LogP contribution in [0, 0.1) is 0 Å². The Bertz CT molecular complexity index is 1380. The van der Waals surface area contributed by atoms with Gasteiger partial charge in [0, 0.05) is 17.8 Å². The van der Waals surface area contributed by atoms with Gasteiger partial charge in [0.05, 0.1) is 44.5 Å². The van der Waals surface area contributed by atoms with Crippen LogP contribution in [0.4, 0.5) is 5.69 Å². The molecule has 0 bridgehead atoms. The van der Waals surface area contributed by atoms with Gasteiger partial charge in [-0.3, -0.25) is 14.2 Å². The van der Waals surface area contributed by atoms with E-state index in [4.69, 9.17) is 14.2 Å². The van der Waals surface area contributed by atoms with Crippen LogP contribution in [0.25, 0.3) is 10.9 Å². The van der Waals surface area contributed by atoms with Crippen molar-refractivity contribution >= 4 is 34.3 Å². The van der Waals surface area contributed by atoms with Gasteiger partial charge in [-0.1, -0.05) is 54.2 Å². The maximum Gasteiger partial charge on any atom is 0.262 e. The summed E-state index contributed by atoms with van der Waals surface area (Å²) < 4.78 is 17.6. The molecule has 0 spiro atoms. The van der Waals surface area contributed by atoms with E-state index >= 15 is 0 Å². The number of aromatic nitrogens is 2. The molecule has 4 aromatic rings. The minimum Gasteiger partial charge on any atom is -0.493 e. The molecular weight excluding hydrogens is 466 g/mol. The molecule has 1 amide bonds. The van der Waals surface area contributed by atoms with Crippen LogP contribution in [0.1, 0.15) is 5.56 Å². The van der Waals surface area contributed by atoms with Crippen LogP contribution in [0.5, 0.6) is 17.2 Å². The standard InChI is InChI=1S/C26H25N3O5S/c1-32-21-13-18(14-22(33-2)24(21)34-3)27-23(30)16-35-26-28-20-12-8-7-11-19(20)25(31)29(26)15-17-9-5-4-6-10-17/h4-14H,15-16H2,1-3H3,(H,27,30). The van der Waals surface area contributed by atoms with Crippen molar-refractivity contribution < 1.29 is 19.0 Å². The van der Waals surface area contributed by atoms with Crippen molar-refractivity contribution in [2.24, 2.45) is 0 Å². The third-order valence-electron chi connectivity index (χ3n) is 5.29. The smallest absolute Gasteiger partial charge is 0.262 e. The van der Waals surface area contributed by atoms with Gasteiger partial charge in [-0.25, -0.2) is 4.98 Å². The highest BCUT2D eigenvalue weighted by molar-refractivity contribution is 7.99. The first-order valence-electron chi connectivity index (χ1n) is 10.8. The summed E-state index contributed by atoms with van der Waals surface area (Å²) in [5, 5.41) is 3.85. The van der Waals surface area contributed by atoms with E-state index in [1.165, 1.54) is 33.1 Å². The van der Waals surface area contributed by atoms with Gasteiger partial charge in [0.2, 0.25) is 11.7 Å². The van der Waals surface area contributed by atoms with Gasteiger partial charge in [-0.2, -0.15) is 0 Å². The molecule has 3 aromatic carbocycles. The summed E-state index contributed by atoms with van der Waals surface area (Å²) in [6.07, 6.45) is 0. The average Bonchev–Trinajstić information content (AvgIpc) is 2.89. The van der Waals surface area contributed by atoms with E-state index in [1.54, 1.807) is 28.8 Å². The number of benzene rings is 3. The first-order valence-corrected chi connectivity index (χ1v) is 11.8. The van der Waals surface area contributed by atoms with Gasteiger partial charge < -0.3 is 19.5 Å². The normalized spacial score (nSPS) is 10.7. The molecule has 1 N–H and O–H groups in total. The average molecular weight is 492 g/mol. The third-order valence-corrected chi connectivity index (χ3v) is 6.27. The zero-order chi connectivity index (χ0) is 24.8. The number of carbonyl (C=O) groups is 1. The monoisotopic (exact) mass is 491 g/mol. The van der Waals surface area contributed by atoms with Crippen molar-refractivity contribution in [2.75, 3.05) is 32.4 Å². The van der Waals surface area contributed by atoms with Crippen LogP contribution in [-0.2, 0) is 11.3 Å². The fraction of sp³-hybridized carbons (Fsp3) is 0.192. The SMILES string of the molecule is COc1cc(NC(=O)CSc2nc3ccccc3c(=O)n2Cc2ccccc2)cc(OC)c1OC. The summed E-state index contributed by atoms with van der Waals surface area (Å²) in [5.41, 5.74) is 1.91. The number of fused-ring (bicyclic) bond motifs is 1. The van der Waals surface area contributed by atoms with Crippen LogP contribution in [0.2, 0.25) is 0 Å². The van der Waals surface area contributed by atoms with Crippen molar-refractivity contribution in [1.82, 2.24) is 9.55 Å². The molecule has 0 fully saturated rings. The van der Waals surface area contributed by atoms with Crippen molar-refractivity contribution in [1.29, 1.82) is 0 Å². The van der Waals surface area contributed by atoms with Crippen LogP contribution in [-0.4, -0.2) is 42.5 Å². The number of ether oxygens (including phenoxy) is 3. The van der Waals surface area contributed by atoms with Crippen LogP contribution in [0.3, 0.4) is 0 Å². The van der Waals surface area contributed by atoms with Crippen LogP contribution >= 0.6 is 11.8 Å². The van der Waals surface area contributed by atoms with E-state index in [2.05, 4.69) is 10.3 Å². The molecule has 8 nitrogen and oxygen atoms in total. The zero-order valence-corrected chi connectivity index (χ0v) is 20.4. The Morgan fingerprint density at radius 3 is 2.26 bits per heavy atom. The number of nitrogens with one attached hydrogen (secondary N) is 1.